The zero-order valence-corrected chi connectivity index (χ0v) is 16.3. The smallest absolute Gasteiger partial charge is 0.230 e. The molecular weight excluding hydrogens is 397 g/mol. The molecule has 6 nitrogen and oxygen atoms in total. The molecular formula is C24H18FN3O3. The lowest BCUT2D eigenvalue weighted by Crippen LogP contribution is -2.16. The predicted octanol–water partition coefficient (Wildman–Crippen LogP) is 4.54. The normalized spacial score (nSPS) is 10.6. The van der Waals surface area contributed by atoms with Gasteiger partial charge in [-0.3, -0.25) is 4.79 Å². The van der Waals surface area contributed by atoms with Crippen molar-refractivity contribution in [2.24, 2.45) is 0 Å². The molecule has 3 N–H and O–H groups in total. The quantitative estimate of drug-likeness (QED) is 0.445. The van der Waals surface area contributed by atoms with Gasteiger partial charge in [-0.25, -0.2) is 14.4 Å². The molecule has 3 aromatic carbocycles. The summed E-state index contributed by atoms with van der Waals surface area (Å²) in [6, 6.07) is 18.6. The summed E-state index contributed by atoms with van der Waals surface area (Å²) >= 11 is 0. The van der Waals surface area contributed by atoms with Crippen molar-refractivity contribution in [2.75, 3.05) is 5.32 Å². The van der Waals surface area contributed by atoms with Crippen molar-refractivity contribution >= 4 is 11.7 Å². The number of carbonyl (C=O) groups excluding carboxylic acids is 1. The van der Waals surface area contributed by atoms with Crippen molar-refractivity contribution < 1.29 is 19.4 Å². The number of hydrogen-bond acceptors (Lipinski definition) is 5. The number of nitrogens with one attached hydrogen (secondary N) is 1. The summed E-state index contributed by atoms with van der Waals surface area (Å²) in [5.41, 5.74) is 2.99. The number of aromatic nitrogens is 2. The van der Waals surface area contributed by atoms with E-state index in [1.165, 1.54) is 42.6 Å². The van der Waals surface area contributed by atoms with E-state index in [2.05, 4.69) is 15.3 Å². The molecule has 154 valence electrons. The van der Waals surface area contributed by atoms with Crippen molar-refractivity contribution in [1.82, 2.24) is 9.97 Å². The number of amides is 1. The molecule has 0 aliphatic rings. The van der Waals surface area contributed by atoms with Gasteiger partial charge in [-0.2, -0.15) is 0 Å². The fourth-order valence-corrected chi connectivity index (χ4v) is 3.04. The van der Waals surface area contributed by atoms with E-state index in [0.29, 0.717) is 22.5 Å². The molecule has 1 heterocycles. The minimum atomic E-state index is -0.353. The summed E-state index contributed by atoms with van der Waals surface area (Å²) in [7, 11) is 0. The maximum absolute atomic E-state index is 13.3. The molecule has 0 fully saturated rings. The van der Waals surface area contributed by atoms with E-state index in [-0.39, 0.29) is 35.5 Å². The number of aromatic hydroxyl groups is 2. The van der Waals surface area contributed by atoms with Crippen LogP contribution in [-0.2, 0) is 11.2 Å². The zero-order chi connectivity index (χ0) is 21.8. The van der Waals surface area contributed by atoms with Crippen LogP contribution in [0.1, 0.15) is 5.56 Å². The van der Waals surface area contributed by atoms with Gasteiger partial charge in [0.2, 0.25) is 5.91 Å². The topological polar surface area (TPSA) is 95.3 Å². The Morgan fingerprint density at radius 1 is 0.839 bits per heavy atom. The lowest BCUT2D eigenvalue weighted by atomic mass is 10.1. The van der Waals surface area contributed by atoms with Gasteiger partial charge < -0.3 is 15.5 Å². The number of anilines is 1. The van der Waals surface area contributed by atoms with Crippen LogP contribution in [0.15, 0.2) is 79.0 Å². The van der Waals surface area contributed by atoms with E-state index in [1.54, 1.807) is 36.4 Å². The van der Waals surface area contributed by atoms with E-state index in [0.717, 1.165) is 5.56 Å². The minimum Gasteiger partial charge on any atom is -0.508 e. The number of rotatable bonds is 5. The lowest BCUT2D eigenvalue weighted by molar-refractivity contribution is -0.115. The van der Waals surface area contributed by atoms with Gasteiger partial charge in [0.05, 0.1) is 18.3 Å². The fourth-order valence-electron chi connectivity index (χ4n) is 3.04. The molecule has 1 aromatic heterocycles. The second-order valence-electron chi connectivity index (χ2n) is 6.90. The second-order valence-corrected chi connectivity index (χ2v) is 6.90. The number of phenols is 2. The number of carbonyl (C=O) groups is 1. The standard InChI is InChI=1S/C24H18FN3O3/c25-18-7-3-16(4-8-18)21-14-26-24(23(27-21)17-5-11-20(30)12-6-17)28-22(31)13-15-1-9-19(29)10-2-15/h1-12,14,29-30H,13H2,(H,26,28,31). The van der Waals surface area contributed by atoms with Crippen LogP contribution in [0, 0.1) is 5.82 Å². The highest BCUT2D eigenvalue weighted by Gasteiger charge is 2.15. The Morgan fingerprint density at radius 2 is 1.42 bits per heavy atom. The van der Waals surface area contributed by atoms with Gasteiger partial charge in [0.25, 0.3) is 0 Å². The summed E-state index contributed by atoms with van der Waals surface area (Å²) in [4.78, 5) is 21.6. The fraction of sp³-hybridized carbons (Fsp3) is 0.0417. The number of nitrogens with zero attached hydrogens (tertiary/aromatic N) is 2. The predicted molar refractivity (Wildman–Crippen MR) is 115 cm³/mol. The molecule has 0 bridgehead atoms. The third-order valence-corrected chi connectivity index (χ3v) is 4.61. The molecule has 0 atom stereocenters. The molecule has 4 rings (SSSR count). The molecule has 4 aromatic rings. The average molecular weight is 415 g/mol. The Bertz CT molecular complexity index is 1210. The van der Waals surface area contributed by atoms with Crippen LogP contribution in [0.25, 0.3) is 22.5 Å². The van der Waals surface area contributed by atoms with Crippen LogP contribution in [0.5, 0.6) is 11.5 Å². The minimum absolute atomic E-state index is 0.0939. The largest absolute Gasteiger partial charge is 0.508 e. The lowest BCUT2D eigenvalue weighted by Gasteiger charge is -2.12. The third kappa shape index (κ3) is 4.84. The molecule has 0 radical (unpaired) electrons. The van der Waals surface area contributed by atoms with Crippen molar-refractivity contribution in [3.05, 3.63) is 90.4 Å². The molecule has 0 spiro atoms. The van der Waals surface area contributed by atoms with E-state index in [1.807, 2.05) is 0 Å². The SMILES string of the molecule is O=C(Cc1ccc(O)cc1)Nc1ncc(-c2ccc(F)cc2)nc1-c1ccc(O)cc1. The van der Waals surface area contributed by atoms with Gasteiger partial charge in [0.15, 0.2) is 5.82 Å². The van der Waals surface area contributed by atoms with Crippen molar-refractivity contribution in [1.29, 1.82) is 0 Å². The highest BCUT2D eigenvalue weighted by molar-refractivity contribution is 5.94. The molecule has 0 saturated heterocycles. The van der Waals surface area contributed by atoms with E-state index in [9.17, 15) is 19.4 Å². The van der Waals surface area contributed by atoms with Crippen LogP contribution in [0.2, 0.25) is 0 Å². The first kappa shape index (κ1) is 20.0. The Balaban J connectivity index is 1.67. The van der Waals surface area contributed by atoms with Gasteiger partial charge in [0.1, 0.15) is 23.0 Å². The Morgan fingerprint density at radius 3 is 2.06 bits per heavy atom. The first-order valence-electron chi connectivity index (χ1n) is 9.48. The third-order valence-electron chi connectivity index (χ3n) is 4.61. The molecule has 0 unspecified atom stereocenters. The number of benzene rings is 3. The van der Waals surface area contributed by atoms with Crippen LogP contribution < -0.4 is 5.32 Å². The maximum atomic E-state index is 13.3. The number of hydrogen-bond donors (Lipinski definition) is 3. The van der Waals surface area contributed by atoms with Crippen LogP contribution >= 0.6 is 0 Å². The monoisotopic (exact) mass is 415 g/mol. The summed E-state index contributed by atoms with van der Waals surface area (Å²) in [6.07, 6.45) is 1.60. The Hall–Kier alpha value is -4.26. The van der Waals surface area contributed by atoms with Gasteiger partial charge in [-0.05, 0) is 66.2 Å². The molecule has 1 amide bonds. The molecule has 7 heteroatoms. The van der Waals surface area contributed by atoms with Gasteiger partial charge in [-0.15, -0.1) is 0 Å². The van der Waals surface area contributed by atoms with Crippen LogP contribution in [-0.4, -0.2) is 26.1 Å². The summed E-state index contributed by atoms with van der Waals surface area (Å²) in [5, 5.41) is 21.8. The Kier molecular flexibility index (Phi) is 5.57. The van der Waals surface area contributed by atoms with E-state index < -0.39 is 0 Å². The maximum Gasteiger partial charge on any atom is 0.230 e. The summed E-state index contributed by atoms with van der Waals surface area (Å²) in [6.45, 7) is 0. The first-order valence-corrected chi connectivity index (χ1v) is 9.48. The van der Waals surface area contributed by atoms with Gasteiger partial charge in [-0.1, -0.05) is 12.1 Å². The Labute approximate surface area is 177 Å². The van der Waals surface area contributed by atoms with Crippen LogP contribution in [0.4, 0.5) is 10.2 Å². The summed E-state index contributed by atoms with van der Waals surface area (Å²) < 4.78 is 13.3. The van der Waals surface area contributed by atoms with Gasteiger partial charge >= 0.3 is 0 Å². The highest BCUT2D eigenvalue weighted by atomic mass is 19.1. The zero-order valence-electron chi connectivity index (χ0n) is 16.3. The summed E-state index contributed by atoms with van der Waals surface area (Å²) in [5.74, 6) is -0.159. The molecule has 0 saturated carbocycles. The van der Waals surface area contributed by atoms with E-state index >= 15 is 0 Å². The van der Waals surface area contributed by atoms with Crippen molar-refractivity contribution in [2.45, 2.75) is 6.42 Å². The van der Waals surface area contributed by atoms with Crippen LogP contribution in [0.3, 0.4) is 0 Å². The van der Waals surface area contributed by atoms with Crippen molar-refractivity contribution in [3.8, 4) is 34.0 Å². The highest BCUT2D eigenvalue weighted by Crippen LogP contribution is 2.29. The average Bonchev–Trinajstić information content (AvgIpc) is 2.77. The number of phenolic OH excluding ortho intramolecular Hbond substituents is 2. The van der Waals surface area contributed by atoms with Gasteiger partial charge in [0, 0.05) is 11.1 Å². The first-order chi connectivity index (χ1) is 15.0. The number of halogens is 1. The van der Waals surface area contributed by atoms with E-state index in [4.69, 9.17) is 0 Å². The second kappa shape index (κ2) is 8.62. The molecule has 0 aliphatic carbocycles. The molecule has 0 aliphatic heterocycles. The molecule has 31 heavy (non-hydrogen) atoms. The van der Waals surface area contributed by atoms with Crippen molar-refractivity contribution in [3.63, 3.8) is 0 Å².